The Morgan fingerprint density at radius 2 is 1.93 bits per heavy atom. The fourth-order valence-electron chi connectivity index (χ4n) is 0.695. The third-order valence-electron chi connectivity index (χ3n) is 1.27. The van der Waals surface area contributed by atoms with Crippen molar-refractivity contribution in [1.29, 1.82) is 0 Å². The highest BCUT2D eigenvalue weighted by atomic mass is 32.2. The molecule has 0 rings (SSSR count). The van der Waals surface area contributed by atoms with E-state index >= 15 is 0 Å². The first-order valence-corrected chi connectivity index (χ1v) is 5.92. The smallest absolute Gasteiger partial charge is 0.307 e. The molecule has 0 heterocycles. The van der Waals surface area contributed by atoms with E-state index in [4.69, 9.17) is 0 Å². The Balaban J connectivity index is 3.71. The molecule has 0 aromatic heterocycles. The van der Waals surface area contributed by atoms with E-state index in [2.05, 4.69) is 10.1 Å². The number of rotatable bonds is 5. The van der Waals surface area contributed by atoms with Gasteiger partial charge < -0.3 is 10.1 Å². The van der Waals surface area contributed by atoms with E-state index in [1.807, 2.05) is 0 Å². The van der Waals surface area contributed by atoms with Gasteiger partial charge in [0.1, 0.15) is 5.75 Å². The maximum Gasteiger partial charge on any atom is 0.307 e. The number of hydrogen-bond acceptors (Lipinski definition) is 5. The molecule has 7 heteroatoms. The number of esters is 1. The Labute approximate surface area is 82.5 Å². The first kappa shape index (κ1) is 12.9. The van der Waals surface area contributed by atoms with Gasteiger partial charge in [-0.25, -0.2) is 8.42 Å². The summed E-state index contributed by atoms with van der Waals surface area (Å²) in [4.78, 5) is 21.5. The van der Waals surface area contributed by atoms with E-state index in [9.17, 15) is 18.0 Å². The number of ether oxygens (including phenoxy) is 1. The minimum atomic E-state index is -3.31. The molecule has 1 amide bonds. The maximum atomic E-state index is 10.9. The van der Waals surface area contributed by atoms with Crippen LogP contribution in [0.25, 0.3) is 0 Å². The Bertz CT molecular complexity index is 308. The quantitative estimate of drug-likeness (QED) is 0.586. The Hall–Kier alpha value is -1.11. The number of nitrogens with one attached hydrogen (secondary N) is 1. The van der Waals surface area contributed by atoms with Gasteiger partial charge in [0.05, 0.1) is 13.5 Å². The molecule has 82 valence electrons. The normalized spacial score (nSPS) is 10.7. The van der Waals surface area contributed by atoms with Crippen molar-refractivity contribution >= 4 is 21.7 Å². The fourth-order valence-corrected chi connectivity index (χ4v) is 1.27. The van der Waals surface area contributed by atoms with Gasteiger partial charge in [-0.15, -0.1) is 0 Å². The molecule has 0 aliphatic carbocycles. The van der Waals surface area contributed by atoms with Gasteiger partial charge in [-0.3, -0.25) is 9.59 Å². The first-order chi connectivity index (χ1) is 6.35. The predicted octanol–water partition coefficient (Wildman–Crippen LogP) is -1.29. The lowest BCUT2D eigenvalue weighted by Gasteiger charge is -2.02. The Kier molecular flexibility index (Phi) is 5.14. The summed E-state index contributed by atoms with van der Waals surface area (Å²) in [5.41, 5.74) is 0. The lowest BCUT2D eigenvalue weighted by atomic mass is 10.4. The van der Waals surface area contributed by atoms with Crippen LogP contribution in [0.5, 0.6) is 0 Å². The molecule has 0 aliphatic rings. The van der Waals surface area contributed by atoms with Gasteiger partial charge in [-0.1, -0.05) is 0 Å². The zero-order chi connectivity index (χ0) is 11.2. The minimum Gasteiger partial charge on any atom is -0.469 e. The zero-order valence-electron chi connectivity index (χ0n) is 8.07. The third kappa shape index (κ3) is 7.53. The van der Waals surface area contributed by atoms with Crippen LogP contribution in [0.15, 0.2) is 0 Å². The highest BCUT2D eigenvalue weighted by molar-refractivity contribution is 7.91. The molecule has 0 saturated carbocycles. The fraction of sp³-hybridized carbons (Fsp3) is 0.714. The van der Waals surface area contributed by atoms with Crippen molar-refractivity contribution in [3.63, 3.8) is 0 Å². The molecule has 14 heavy (non-hydrogen) atoms. The van der Waals surface area contributed by atoms with Crippen LogP contribution in [0, 0.1) is 0 Å². The van der Waals surface area contributed by atoms with Crippen molar-refractivity contribution in [2.75, 3.05) is 25.7 Å². The summed E-state index contributed by atoms with van der Waals surface area (Å²) < 4.78 is 25.6. The van der Waals surface area contributed by atoms with Crippen molar-refractivity contribution in [2.45, 2.75) is 6.42 Å². The molecule has 0 atom stereocenters. The second-order valence-corrected chi connectivity index (χ2v) is 4.89. The zero-order valence-corrected chi connectivity index (χ0v) is 8.89. The average molecular weight is 223 g/mol. The summed E-state index contributed by atoms with van der Waals surface area (Å²) in [6.07, 6.45) is 0.999. The van der Waals surface area contributed by atoms with Gasteiger partial charge in [-0.05, 0) is 0 Å². The number of carbonyl (C=O) groups is 2. The van der Waals surface area contributed by atoms with Crippen molar-refractivity contribution in [2.24, 2.45) is 0 Å². The number of carbonyl (C=O) groups excluding carboxylic acids is 2. The van der Waals surface area contributed by atoms with Crippen LogP contribution in [0.2, 0.25) is 0 Å². The lowest BCUT2D eigenvalue weighted by molar-refractivity contribution is -0.140. The van der Waals surface area contributed by atoms with Gasteiger partial charge in [-0.2, -0.15) is 0 Å². The summed E-state index contributed by atoms with van der Waals surface area (Å²) in [5.74, 6) is -1.63. The first-order valence-electron chi connectivity index (χ1n) is 3.86. The van der Waals surface area contributed by atoms with Crippen LogP contribution >= 0.6 is 0 Å². The van der Waals surface area contributed by atoms with Crippen LogP contribution in [0.3, 0.4) is 0 Å². The van der Waals surface area contributed by atoms with E-state index < -0.39 is 27.5 Å². The molecular formula is C7H13NO5S. The molecule has 0 unspecified atom stereocenters. The Morgan fingerprint density at radius 3 is 2.36 bits per heavy atom. The molecule has 0 aromatic rings. The lowest BCUT2D eigenvalue weighted by Crippen LogP contribution is -2.31. The van der Waals surface area contributed by atoms with Crippen LogP contribution in [-0.2, 0) is 24.2 Å². The van der Waals surface area contributed by atoms with E-state index in [0.717, 1.165) is 6.26 Å². The second-order valence-electron chi connectivity index (χ2n) is 2.75. The summed E-state index contributed by atoms with van der Waals surface area (Å²) in [6.45, 7) is 0.0844. The summed E-state index contributed by atoms with van der Waals surface area (Å²) in [6, 6.07) is 0. The van der Waals surface area contributed by atoms with E-state index in [1.54, 1.807) is 0 Å². The molecule has 0 aliphatic heterocycles. The standard InChI is InChI=1S/C7H13NO5S/c1-13-7(10)3-4-8-6(9)5-14(2,11)12/h3-5H2,1-2H3,(H,8,9). The van der Waals surface area contributed by atoms with Gasteiger partial charge in [0, 0.05) is 12.8 Å². The van der Waals surface area contributed by atoms with Gasteiger partial charge in [0.25, 0.3) is 0 Å². The van der Waals surface area contributed by atoms with Gasteiger partial charge in [0.2, 0.25) is 5.91 Å². The second kappa shape index (κ2) is 5.58. The monoisotopic (exact) mass is 223 g/mol. The minimum absolute atomic E-state index is 0.0337. The predicted molar refractivity (Wildman–Crippen MR) is 49.4 cm³/mol. The summed E-state index contributed by atoms with van der Waals surface area (Å²) >= 11 is 0. The van der Waals surface area contributed by atoms with E-state index in [1.165, 1.54) is 7.11 Å². The molecule has 0 saturated heterocycles. The molecule has 0 aromatic carbocycles. The largest absolute Gasteiger partial charge is 0.469 e. The van der Waals surface area contributed by atoms with E-state index in [-0.39, 0.29) is 13.0 Å². The molecule has 0 fully saturated rings. The summed E-state index contributed by atoms with van der Waals surface area (Å²) in [5, 5.41) is 2.29. The SMILES string of the molecule is COC(=O)CCNC(=O)CS(C)(=O)=O. The number of amides is 1. The molecule has 1 N–H and O–H groups in total. The van der Waals surface area contributed by atoms with Gasteiger partial charge in [0.15, 0.2) is 9.84 Å². The molecule has 6 nitrogen and oxygen atoms in total. The van der Waals surface area contributed by atoms with Crippen LogP contribution in [0.1, 0.15) is 6.42 Å². The number of sulfone groups is 1. The number of methoxy groups -OCH3 is 1. The van der Waals surface area contributed by atoms with Crippen molar-refractivity contribution < 1.29 is 22.7 Å². The molecule has 0 spiro atoms. The topological polar surface area (TPSA) is 89.5 Å². The van der Waals surface area contributed by atoms with Crippen LogP contribution < -0.4 is 5.32 Å². The highest BCUT2D eigenvalue weighted by Crippen LogP contribution is 1.84. The summed E-state index contributed by atoms with van der Waals surface area (Å²) in [7, 11) is -2.07. The van der Waals surface area contributed by atoms with Crippen LogP contribution in [-0.4, -0.2) is 46.0 Å². The van der Waals surface area contributed by atoms with Crippen molar-refractivity contribution in [3.05, 3.63) is 0 Å². The van der Waals surface area contributed by atoms with Crippen molar-refractivity contribution in [1.82, 2.24) is 5.32 Å². The van der Waals surface area contributed by atoms with E-state index in [0.29, 0.717) is 0 Å². The Morgan fingerprint density at radius 1 is 1.36 bits per heavy atom. The molecule has 0 radical (unpaired) electrons. The number of hydrogen-bond donors (Lipinski definition) is 1. The van der Waals surface area contributed by atoms with Crippen LogP contribution in [0.4, 0.5) is 0 Å². The molecule has 0 bridgehead atoms. The maximum absolute atomic E-state index is 10.9. The van der Waals surface area contributed by atoms with Crippen molar-refractivity contribution in [3.8, 4) is 0 Å². The average Bonchev–Trinajstić information content (AvgIpc) is 2.00. The molecular weight excluding hydrogens is 210 g/mol. The highest BCUT2D eigenvalue weighted by Gasteiger charge is 2.10. The third-order valence-corrected chi connectivity index (χ3v) is 2.06. The van der Waals surface area contributed by atoms with Gasteiger partial charge >= 0.3 is 5.97 Å².